The van der Waals surface area contributed by atoms with Gasteiger partial charge in [0, 0.05) is 5.69 Å². The third-order valence-corrected chi connectivity index (χ3v) is 1.67. The van der Waals surface area contributed by atoms with Crippen LogP contribution in [0.4, 0.5) is 0 Å². The number of nitrogens with zero attached hydrogens (tertiary/aromatic N) is 2. The Morgan fingerprint density at radius 1 is 1.57 bits per heavy atom. The molecule has 3 heteroatoms. The number of ether oxygens (including phenoxy) is 1. The zero-order chi connectivity index (χ0) is 10.4. The molecule has 0 unspecified atom stereocenters. The molecule has 0 amide bonds. The average Bonchev–Trinajstić information content (AvgIpc) is 2.19. The van der Waals surface area contributed by atoms with E-state index in [0.717, 1.165) is 5.69 Å². The molecular weight excluding hydrogens is 176 g/mol. The second-order valence-corrected chi connectivity index (χ2v) is 2.80. The summed E-state index contributed by atoms with van der Waals surface area (Å²) in [6.07, 6.45) is 3.76. The van der Waals surface area contributed by atoms with Gasteiger partial charge in [-0.2, -0.15) is 5.26 Å². The molecule has 1 rings (SSSR count). The van der Waals surface area contributed by atoms with Gasteiger partial charge in [-0.3, -0.25) is 0 Å². The second-order valence-electron chi connectivity index (χ2n) is 2.80. The van der Waals surface area contributed by atoms with Crippen LogP contribution in [0.1, 0.15) is 18.2 Å². The van der Waals surface area contributed by atoms with E-state index in [4.69, 9.17) is 10.00 Å². The minimum Gasteiger partial charge on any atom is -0.472 e. The summed E-state index contributed by atoms with van der Waals surface area (Å²) >= 11 is 0. The van der Waals surface area contributed by atoms with Crippen LogP contribution in [0.15, 0.2) is 24.3 Å². The molecule has 1 aromatic rings. The van der Waals surface area contributed by atoms with Gasteiger partial charge in [0.15, 0.2) is 0 Å². The van der Waals surface area contributed by atoms with Crippen LogP contribution in [0.3, 0.4) is 0 Å². The Kier molecular flexibility index (Phi) is 3.69. The zero-order valence-electron chi connectivity index (χ0n) is 8.32. The van der Waals surface area contributed by atoms with Gasteiger partial charge in [0.05, 0.1) is 0 Å². The quantitative estimate of drug-likeness (QED) is 0.683. The molecule has 0 radical (unpaired) electrons. The van der Waals surface area contributed by atoms with Gasteiger partial charge in [0.1, 0.15) is 18.2 Å². The van der Waals surface area contributed by atoms with E-state index < -0.39 is 0 Å². The van der Waals surface area contributed by atoms with E-state index in [9.17, 15) is 0 Å². The van der Waals surface area contributed by atoms with Crippen molar-refractivity contribution in [3.63, 3.8) is 0 Å². The van der Waals surface area contributed by atoms with Crippen molar-refractivity contribution >= 4 is 0 Å². The average molecular weight is 188 g/mol. The van der Waals surface area contributed by atoms with Crippen molar-refractivity contribution in [1.29, 1.82) is 5.26 Å². The van der Waals surface area contributed by atoms with Crippen LogP contribution in [0.5, 0.6) is 5.88 Å². The van der Waals surface area contributed by atoms with Crippen LogP contribution >= 0.6 is 0 Å². The minimum absolute atomic E-state index is 0.408. The van der Waals surface area contributed by atoms with E-state index >= 15 is 0 Å². The lowest BCUT2D eigenvalue weighted by Crippen LogP contribution is -1.99. The smallest absolute Gasteiger partial charge is 0.232 e. The summed E-state index contributed by atoms with van der Waals surface area (Å²) in [6.45, 7) is 4.23. The van der Waals surface area contributed by atoms with E-state index in [2.05, 4.69) is 4.98 Å². The number of hydrogen-bond donors (Lipinski definition) is 0. The van der Waals surface area contributed by atoms with Gasteiger partial charge < -0.3 is 4.74 Å². The number of aryl methyl sites for hydroxylation is 1. The summed E-state index contributed by atoms with van der Waals surface area (Å²) in [5.74, 6) is 0.408. The monoisotopic (exact) mass is 188 g/mol. The fourth-order valence-corrected chi connectivity index (χ4v) is 0.951. The molecule has 0 aliphatic heterocycles. The molecule has 0 aromatic carbocycles. The zero-order valence-corrected chi connectivity index (χ0v) is 8.32. The first-order chi connectivity index (χ1) is 6.77. The van der Waals surface area contributed by atoms with Gasteiger partial charge in [0.2, 0.25) is 5.88 Å². The molecule has 3 nitrogen and oxygen atoms in total. The van der Waals surface area contributed by atoms with E-state index in [0.29, 0.717) is 18.1 Å². The lowest BCUT2D eigenvalue weighted by molar-refractivity contribution is 0.346. The standard InChI is InChI=1S/C11H12N2O/c1-3-4-7-14-11-10(8-12)6-5-9(2)13-11/h3-6H,7H2,1-2H3/b4-3-. The first-order valence-corrected chi connectivity index (χ1v) is 4.39. The van der Waals surface area contributed by atoms with Crippen molar-refractivity contribution in [2.75, 3.05) is 6.61 Å². The van der Waals surface area contributed by atoms with E-state index in [1.165, 1.54) is 0 Å². The Morgan fingerprint density at radius 3 is 3.00 bits per heavy atom. The maximum absolute atomic E-state index is 8.78. The van der Waals surface area contributed by atoms with Crippen LogP contribution in [0.2, 0.25) is 0 Å². The molecule has 0 aliphatic carbocycles. The van der Waals surface area contributed by atoms with Crippen molar-refractivity contribution < 1.29 is 4.74 Å². The van der Waals surface area contributed by atoms with E-state index in [1.807, 2.05) is 32.1 Å². The highest BCUT2D eigenvalue weighted by Gasteiger charge is 2.03. The van der Waals surface area contributed by atoms with Crippen molar-refractivity contribution in [3.8, 4) is 11.9 Å². The number of allylic oxidation sites excluding steroid dienone is 1. The Balaban J connectivity index is 2.83. The lowest BCUT2D eigenvalue weighted by atomic mass is 10.2. The van der Waals surface area contributed by atoms with Gasteiger partial charge in [-0.15, -0.1) is 0 Å². The van der Waals surface area contributed by atoms with E-state index in [1.54, 1.807) is 12.1 Å². The van der Waals surface area contributed by atoms with Gasteiger partial charge in [-0.25, -0.2) is 4.98 Å². The first-order valence-electron chi connectivity index (χ1n) is 4.39. The number of rotatable bonds is 3. The predicted molar refractivity (Wildman–Crippen MR) is 54.0 cm³/mol. The summed E-state index contributed by atoms with van der Waals surface area (Å²) in [6, 6.07) is 5.55. The van der Waals surface area contributed by atoms with Crippen LogP contribution in [0.25, 0.3) is 0 Å². The summed E-state index contributed by atoms with van der Waals surface area (Å²) in [4.78, 5) is 4.14. The number of pyridine rings is 1. The molecule has 0 spiro atoms. The number of aromatic nitrogens is 1. The highest BCUT2D eigenvalue weighted by Crippen LogP contribution is 2.14. The van der Waals surface area contributed by atoms with Gasteiger partial charge in [-0.1, -0.05) is 12.2 Å². The molecule has 72 valence electrons. The SMILES string of the molecule is C/C=C\COc1nc(C)ccc1C#N. The summed E-state index contributed by atoms with van der Waals surface area (Å²) in [5.41, 5.74) is 1.32. The molecule has 0 fully saturated rings. The van der Waals surface area contributed by atoms with Crippen LogP contribution < -0.4 is 4.74 Å². The van der Waals surface area contributed by atoms with Gasteiger partial charge >= 0.3 is 0 Å². The van der Waals surface area contributed by atoms with Crippen molar-refractivity contribution in [2.24, 2.45) is 0 Å². The molecule has 0 N–H and O–H groups in total. The van der Waals surface area contributed by atoms with E-state index in [-0.39, 0.29) is 0 Å². The summed E-state index contributed by atoms with van der Waals surface area (Å²) < 4.78 is 5.33. The molecule has 0 saturated carbocycles. The molecular formula is C11H12N2O. The Bertz CT molecular complexity index is 377. The fraction of sp³-hybridized carbons (Fsp3) is 0.273. The Labute approximate surface area is 83.7 Å². The second kappa shape index (κ2) is 5.03. The Morgan fingerprint density at radius 2 is 2.36 bits per heavy atom. The molecule has 0 bridgehead atoms. The third kappa shape index (κ3) is 2.60. The van der Waals surface area contributed by atoms with Crippen molar-refractivity contribution in [3.05, 3.63) is 35.5 Å². The largest absolute Gasteiger partial charge is 0.472 e. The van der Waals surface area contributed by atoms with Gasteiger partial charge in [0.25, 0.3) is 0 Å². The highest BCUT2D eigenvalue weighted by molar-refractivity contribution is 5.38. The van der Waals surface area contributed by atoms with Crippen molar-refractivity contribution in [2.45, 2.75) is 13.8 Å². The molecule has 1 aromatic heterocycles. The summed E-state index contributed by atoms with van der Waals surface area (Å²) in [7, 11) is 0. The van der Waals surface area contributed by atoms with Crippen molar-refractivity contribution in [1.82, 2.24) is 4.98 Å². The van der Waals surface area contributed by atoms with Gasteiger partial charge in [-0.05, 0) is 26.0 Å². The Hall–Kier alpha value is -1.82. The minimum atomic E-state index is 0.408. The lowest BCUT2D eigenvalue weighted by Gasteiger charge is -2.04. The third-order valence-electron chi connectivity index (χ3n) is 1.67. The maximum atomic E-state index is 8.78. The van der Waals surface area contributed by atoms with Crippen LogP contribution in [-0.4, -0.2) is 11.6 Å². The topological polar surface area (TPSA) is 45.9 Å². The molecule has 14 heavy (non-hydrogen) atoms. The maximum Gasteiger partial charge on any atom is 0.232 e. The molecule has 0 saturated heterocycles. The normalized spacial score (nSPS) is 10.1. The summed E-state index contributed by atoms with van der Waals surface area (Å²) in [5, 5.41) is 8.78. The first kappa shape index (κ1) is 10.3. The van der Waals surface area contributed by atoms with Crippen LogP contribution in [-0.2, 0) is 0 Å². The highest BCUT2D eigenvalue weighted by atomic mass is 16.5. The molecule has 0 aliphatic rings. The predicted octanol–water partition coefficient (Wildman–Crippen LogP) is 2.22. The fourth-order valence-electron chi connectivity index (χ4n) is 0.951. The van der Waals surface area contributed by atoms with Crippen LogP contribution in [0, 0.1) is 18.3 Å². The number of hydrogen-bond acceptors (Lipinski definition) is 3. The molecule has 0 atom stereocenters. The number of nitriles is 1. The molecule has 1 heterocycles.